The van der Waals surface area contributed by atoms with Gasteiger partial charge in [-0.15, -0.1) is 0 Å². The monoisotopic (exact) mass is 258 g/mol. The molecule has 3 nitrogen and oxygen atoms in total. The smallest absolute Gasteiger partial charge is 0.156 e. The Bertz CT molecular complexity index is 362. The first-order chi connectivity index (χ1) is 8.18. The molecule has 1 aliphatic heterocycles. The van der Waals surface area contributed by atoms with Crippen molar-refractivity contribution in [3.63, 3.8) is 0 Å². The minimum Gasteiger partial charge on any atom is -0.500 e. The standard InChI is InChI=1S/C13H22O3S/c14-17(15)9-5-1-2-8-13(17)11-16-10-12-6-3-4-7-12/h10,13H,1-9,11H2. The Morgan fingerprint density at radius 3 is 2.65 bits per heavy atom. The Morgan fingerprint density at radius 2 is 1.88 bits per heavy atom. The lowest BCUT2D eigenvalue weighted by Crippen LogP contribution is -2.26. The number of allylic oxidation sites excluding steroid dienone is 1. The Kier molecular flexibility index (Phi) is 4.48. The summed E-state index contributed by atoms with van der Waals surface area (Å²) in [7, 11) is -2.91. The van der Waals surface area contributed by atoms with E-state index in [0.717, 1.165) is 38.5 Å². The van der Waals surface area contributed by atoms with Gasteiger partial charge in [0.1, 0.15) is 6.61 Å². The maximum absolute atomic E-state index is 11.9. The molecule has 1 unspecified atom stereocenters. The van der Waals surface area contributed by atoms with Crippen LogP contribution in [0.25, 0.3) is 0 Å². The zero-order valence-corrected chi connectivity index (χ0v) is 11.2. The number of ether oxygens (including phenoxy) is 1. The fraction of sp³-hybridized carbons (Fsp3) is 0.846. The molecule has 1 saturated carbocycles. The van der Waals surface area contributed by atoms with Crippen LogP contribution in [0.5, 0.6) is 0 Å². The van der Waals surface area contributed by atoms with Crippen LogP contribution in [0.4, 0.5) is 0 Å². The van der Waals surface area contributed by atoms with Crippen LogP contribution in [0, 0.1) is 0 Å². The molecule has 2 fully saturated rings. The molecule has 4 heteroatoms. The molecule has 1 aliphatic carbocycles. The molecule has 1 atom stereocenters. The predicted octanol–water partition coefficient (Wildman–Crippen LogP) is 2.82. The third kappa shape index (κ3) is 3.73. The fourth-order valence-corrected chi connectivity index (χ4v) is 4.36. The average Bonchev–Trinajstić information content (AvgIpc) is 2.73. The van der Waals surface area contributed by atoms with Crippen molar-refractivity contribution in [3.05, 3.63) is 11.8 Å². The molecule has 0 aromatic heterocycles. The van der Waals surface area contributed by atoms with Gasteiger partial charge >= 0.3 is 0 Å². The first kappa shape index (κ1) is 12.9. The zero-order chi connectivity index (χ0) is 12.1. The summed E-state index contributed by atoms with van der Waals surface area (Å²) in [6, 6.07) is 0. The molecule has 2 rings (SSSR count). The highest BCUT2D eigenvalue weighted by atomic mass is 32.2. The Morgan fingerprint density at radius 1 is 1.12 bits per heavy atom. The van der Waals surface area contributed by atoms with Gasteiger partial charge in [0.25, 0.3) is 0 Å². The normalized spacial score (nSPS) is 28.7. The summed E-state index contributed by atoms with van der Waals surface area (Å²) in [4.78, 5) is 0. The van der Waals surface area contributed by atoms with Gasteiger partial charge in [-0.1, -0.05) is 12.8 Å². The van der Waals surface area contributed by atoms with Crippen molar-refractivity contribution in [2.24, 2.45) is 0 Å². The van der Waals surface area contributed by atoms with Crippen LogP contribution in [-0.2, 0) is 14.6 Å². The van der Waals surface area contributed by atoms with Gasteiger partial charge in [0.05, 0.1) is 17.3 Å². The van der Waals surface area contributed by atoms with Gasteiger partial charge in [-0.25, -0.2) is 8.42 Å². The second-order valence-electron chi connectivity index (χ2n) is 5.15. The molecule has 1 saturated heterocycles. The Labute approximate surface area is 104 Å². The SMILES string of the molecule is O=S1(=O)CCCCCC1COC=C1CCCC1. The third-order valence-electron chi connectivity index (χ3n) is 3.74. The van der Waals surface area contributed by atoms with E-state index in [9.17, 15) is 8.42 Å². The van der Waals surface area contributed by atoms with Crippen LogP contribution >= 0.6 is 0 Å². The van der Waals surface area contributed by atoms with Crippen molar-refractivity contribution >= 4 is 9.84 Å². The molecule has 0 aromatic rings. The van der Waals surface area contributed by atoms with Crippen molar-refractivity contribution in [1.29, 1.82) is 0 Å². The van der Waals surface area contributed by atoms with Gasteiger partial charge in [0, 0.05) is 0 Å². The molecule has 1 heterocycles. The van der Waals surface area contributed by atoms with Crippen LogP contribution in [0.2, 0.25) is 0 Å². The lowest BCUT2D eigenvalue weighted by molar-refractivity contribution is 0.239. The summed E-state index contributed by atoms with van der Waals surface area (Å²) in [6.45, 7) is 0.353. The van der Waals surface area contributed by atoms with Crippen LogP contribution in [0.15, 0.2) is 11.8 Å². The second-order valence-corrected chi connectivity index (χ2v) is 7.56. The fourth-order valence-electron chi connectivity index (χ4n) is 2.61. The number of hydrogen-bond donors (Lipinski definition) is 0. The van der Waals surface area contributed by atoms with Crippen molar-refractivity contribution in [2.45, 2.75) is 56.6 Å². The van der Waals surface area contributed by atoms with Crippen molar-refractivity contribution < 1.29 is 13.2 Å². The molecule has 0 radical (unpaired) electrons. The van der Waals surface area contributed by atoms with E-state index in [0.29, 0.717) is 12.4 Å². The van der Waals surface area contributed by atoms with Crippen LogP contribution in [0.3, 0.4) is 0 Å². The highest BCUT2D eigenvalue weighted by molar-refractivity contribution is 7.92. The van der Waals surface area contributed by atoms with E-state index < -0.39 is 9.84 Å². The first-order valence-corrected chi connectivity index (χ1v) is 8.41. The van der Waals surface area contributed by atoms with Gasteiger partial charge in [-0.2, -0.15) is 0 Å². The summed E-state index contributed by atoms with van der Waals surface area (Å²) in [5.74, 6) is 0.345. The van der Waals surface area contributed by atoms with Gasteiger partial charge < -0.3 is 4.74 Å². The number of rotatable bonds is 3. The van der Waals surface area contributed by atoms with E-state index >= 15 is 0 Å². The maximum Gasteiger partial charge on any atom is 0.156 e. The second kappa shape index (κ2) is 5.89. The van der Waals surface area contributed by atoms with E-state index in [2.05, 4.69) is 0 Å². The average molecular weight is 258 g/mol. The predicted molar refractivity (Wildman–Crippen MR) is 68.5 cm³/mol. The molecule has 0 aromatic carbocycles. The van der Waals surface area contributed by atoms with E-state index in [1.165, 1.54) is 18.4 Å². The van der Waals surface area contributed by atoms with Crippen LogP contribution < -0.4 is 0 Å². The summed E-state index contributed by atoms with van der Waals surface area (Å²) in [5.41, 5.74) is 1.34. The molecular weight excluding hydrogens is 236 g/mol. The quantitative estimate of drug-likeness (QED) is 0.731. The number of hydrogen-bond acceptors (Lipinski definition) is 3. The lowest BCUT2D eigenvalue weighted by atomic mass is 10.2. The van der Waals surface area contributed by atoms with Gasteiger partial charge in [0.2, 0.25) is 0 Å². The molecule has 0 spiro atoms. The minimum atomic E-state index is -2.91. The van der Waals surface area contributed by atoms with E-state index in [1.807, 2.05) is 6.26 Å². The topological polar surface area (TPSA) is 43.4 Å². The lowest BCUT2D eigenvalue weighted by Gasteiger charge is -2.14. The minimum absolute atomic E-state index is 0.275. The molecule has 0 bridgehead atoms. The highest BCUT2D eigenvalue weighted by Gasteiger charge is 2.27. The molecule has 2 aliphatic rings. The van der Waals surface area contributed by atoms with Crippen LogP contribution in [0.1, 0.15) is 51.4 Å². The summed E-state index contributed by atoms with van der Waals surface area (Å²) in [5, 5.41) is -0.275. The summed E-state index contributed by atoms with van der Waals surface area (Å²) < 4.78 is 29.4. The molecule has 98 valence electrons. The maximum atomic E-state index is 11.9. The van der Waals surface area contributed by atoms with Gasteiger partial charge in [-0.3, -0.25) is 0 Å². The molecule has 0 N–H and O–H groups in total. The van der Waals surface area contributed by atoms with E-state index in [-0.39, 0.29) is 5.25 Å². The molecule has 0 amide bonds. The van der Waals surface area contributed by atoms with Crippen molar-refractivity contribution in [3.8, 4) is 0 Å². The molecular formula is C13H22O3S. The van der Waals surface area contributed by atoms with Gasteiger partial charge in [-0.05, 0) is 44.1 Å². The van der Waals surface area contributed by atoms with E-state index in [4.69, 9.17) is 4.74 Å². The largest absolute Gasteiger partial charge is 0.500 e. The highest BCUT2D eigenvalue weighted by Crippen LogP contribution is 2.24. The van der Waals surface area contributed by atoms with Crippen molar-refractivity contribution in [2.75, 3.05) is 12.4 Å². The summed E-state index contributed by atoms with van der Waals surface area (Å²) in [6.07, 6.45) is 10.2. The van der Waals surface area contributed by atoms with Crippen LogP contribution in [-0.4, -0.2) is 26.0 Å². The zero-order valence-electron chi connectivity index (χ0n) is 10.4. The molecule has 17 heavy (non-hydrogen) atoms. The summed E-state index contributed by atoms with van der Waals surface area (Å²) >= 11 is 0. The van der Waals surface area contributed by atoms with Crippen molar-refractivity contribution in [1.82, 2.24) is 0 Å². The third-order valence-corrected chi connectivity index (χ3v) is 5.99. The van der Waals surface area contributed by atoms with Gasteiger partial charge in [0.15, 0.2) is 9.84 Å². The Balaban J connectivity index is 1.86. The van der Waals surface area contributed by atoms with E-state index in [1.54, 1.807) is 0 Å². The first-order valence-electron chi connectivity index (χ1n) is 6.69. The number of sulfone groups is 1. The Hall–Kier alpha value is -0.510.